The van der Waals surface area contributed by atoms with Gasteiger partial charge in [0.05, 0.1) is 12.3 Å². The van der Waals surface area contributed by atoms with Crippen molar-refractivity contribution in [3.8, 4) is 0 Å². The minimum Gasteiger partial charge on any atom is -0.481 e. The number of thioether (sulfide) groups is 1. The molecule has 140 valence electrons. The van der Waals surface area contributed by atoms with Crippen LogP contribution in [0.4, 0.5) is 0 Å². The second-order valence-electron chi connectivity index (χ2n) is 6.30. The molecule has 0 aliphatic carbocycles. The maximum absolute atomic E-state index is 11.2. The summed E-state index contributed by atoms with van der Waals surface area (Å²) in [6.45, 7) is 3.73. The van der Waals surface area contributed by atoms with Crippen molar-refractivity contribution in [1.82, 2.24) is 0 Å². The van der Waals surface area contributed by atoms with Gasteiger partial charge in [-0.1, -0.05) is 57.4 Å². The third-order valence-electron chi connectivity index (χ3n) is 4.09. The first-order valence-electron chi connectivity index (χ1n) is 9.21. The van der Waals surface area contributed by atoms with Gasteiger partial charge in [-0.25, -0.2) is 0 Å². The summed E-state index contributed by atoms with van der Waals surface area (Å²) in [6, 6.07) is 0. The van der Waals surface area contributed by atoms with Crippen molar-refractivity contribution < 1.29 is 19.8 Å². The zero-order valence-electron chi connectivity index (χ0n) is 14.9. The van der Waals surface area contributed by atoms with E-state index >= 15 is 0 Å². The fraction of sp³-hybridized carbons (Fsp3) is 0.789. The molecule has 24 heavy (non-hydrogen) atoms. The van der Waals surface area contributed by atoms with Crippen LogP contribution in [0, 0.1) is 5.92 Å². The first-order valence-corrected chi connectivity index (χ1v) is 10.4. The molecule has 0 saturated carbocycles. The van der Waals surface area contributed by atoms with Gasteiger partial charge >= 0.3 is 11.9 Å². The van der Waals surface area contributed by atoms with E-state index in [9.17, 15) is 14.7 Å². The van der Waals surface area contributed by atoms with Gasteiger partial charge in [0.15, 0.2) is 0 Å². The van der Waals surface area contributed by atoms with Crippen LogP contribution in [0.1, 0.15) is 77.0 Å². The predicted molar refractivity (Wildman–Crippen MR) is 102 cm³/mol. The minimum atomic E-state index is -0.824. The smallest absolute Gasteiger partial charge is 0.307 e. The second kappa shape index (κ2) is 16.9. The lowest BCUT2D eigenvalue weighted by Crippen LogP contribution is -2.16. The van der Waals surface area contributed by atoms with Crippen molar-refractivity contribution in [2.75, 3.05) is 11.5 Å². The molecule has 0 aliphatic heterocycles. The highest BCUT2D eigenvalue weighted by atomic mass is 32.2. The maximum Gasteiger partial charge on any atom is 0.307 e. The minimum absolute atomic E-state index is 0.102. The Morgan fingerprint density at radius 2 is 1.46 bits per heavy atom. The molecule has 0 radical (unpaired) electrons. The predicted octanol–water partition coefficient (Wildman–Crippen LogP) is 5.37. The fourth-order valence-corrected chi connectivity index (χ4v) is 3.66. The summed E-state index contributed by atoms with van der Waals surface area (Å²) in [4.78, 5) is 21.6. The van der Waals surface area contributed by atoms with Crippen LogP contribution in [-0.4, -0.2) is 33.7 Å². The molecule has 0 aromatic rings. The van der Waals surface area contributed by atoms with E-state index < -0.39 is 11.9 Å². The molecular weight excluding hydrogens is 324 g/mol. The Kier molecular flexibility index (Phi) is 16.2. The zero-order valence-corrected chi connectivity index (χ0v) is 15.7. The molecule has 0 saturated heterocycles. The van der Waals surface area contributed by atoms with Crippen molar-refractivity contribution in [3.05, 3.63) is 12.7 Å². The number of allylic oxidation sites excluding steroid dienone is 1. The molecular formula is C19H34O4S. The molecule has 0 spiro atoms. The Hall–Kier alpha value is -0.970. The molecule has 0 aromatic carbocycles. The summed E-state index contributed by atoms with van der Waals surface area (Å²) >= 11 is 1.43. The number of unbranched alkanes of at least 4 members (excludes halogenated alkanes) is 9. The fourth-order valence-electron chi connectivity index (χ4n) is 2.58. The lowest BCUT2D eigenvalue weighted by atomic mass is 10.0. The van der Waals surface area contributed by atoms with Gasteiger partial charge in [-0.05, 0) is 19.3 Å². The van der Waals surface area contributed by atoms with E-state index in [2.05, 4.69) is 6.58 Å². The lowest BCUT2D eigenvalue weighted by Gasteiger charge is -2.11. The average molecular weight is 359 g/mol. The summed E-state index contributed by atoms with van der Waals surface area (Å²) in [5.41, 5.74) is 0. The van der Waals surface area contributed by atoms with Crippen LogP contribution in [0.5, 0.6) is 0 Å². The molecule has 0 aromatic heterocycles. The van der Waals surface area contributed by atoms with Crippen LogP contribution < -0.4 is 0 Å². The van der Waals surface area contributed by atoms with Crippen LogP contribution in [0.15, 0.2) is 12.7 Å². The summed E-state index contributed by atoms with van der Waals surface area (Å²) in [7, 11) is 0. The number of hydrogen-bond donors (Lipinski definition) is 2. The van der Waals surface area contributed by atoms with Crippen molar-refractivity contribution in [3.63, 3.8) is 0 Å². The molecule has 0 amide bonds. The highest BCUT2D eigenvalue weighted by molar-refractivity contribution is 7.99. The van der Waals surface area contributed by atoms with Gasteiger partial charge in [-0.15, -0.1) is 6.58 Å². The number of carboxylic acids is 2. The summed E-state index contributed by atoms with van der Waals surface area (Å²) in [5, 5.41) is 17.8. The number of aliphatic carboxylic acids is 2. The van der Waals surface area contributed by atoms with E-state index in [0.717, 1.165) is 19.3 Å². The van der Waals surface area contributed by atoms with E-state index in [1.807, 2.05) is 6.08 Å². The number of hydrogen-bond acceptors (Lipinski definition) is 3. The summed E-state index contributed by atoms with van der Waals surface area (Å²) in [5.74, 6) is -0.903. The Morgan fingerprint density at radius 3 is 1.96 bits per heavy atom. The van der Waals surface area contributed by atoms with E-state index in [4.69, 9.17) is 5.11 Å². The molecule has 1 unspecified atom stereocenters. The Morgan fingerprint density at radius 1 is 0.917 bits per heavy atom. The van der Waals surface area contributed by atoms with Gasteiger partial charge in [0.1, 0.15) is 0 Å². The normalized spacial score (nSPS) is 12.0. The van der Waals surface area contributed by atoms with Crippen LogP contribution >= 0.6 is 11.8 Å². The van der Waals surface area contributed by atoms with Gasteiger partial charge in [0.25, 0.3) is 0 Å². The number of carbonyl (C=O) groups is 2. The van der Waals surface area contributed by atoms with Gasteiger partial charge < -0.3 is 10.2 Å². The first-order chi connectivity index (χ1) is 11.6. The average Bonchev–Trinajstić information content (AvgIpc) is 2.53. The quantitative estimate of drug-likeness (QED) is 0.254. The van der Waals surface area contributed by atoms with Crippen LogP contribution in [0.3, 0.4) is 0 Å². The topological polar surface area (TPSA) is 74.6 Å². The Labute approximate surface area is 151 Å². The highest BCUT2D eigenvalue weighted by Crippen LogP contribution is 2.18. The highest BCUT2D eigenvalue weighted by Gasteiger charge is 2.16. The lowest BCUT2D eigenvalue weighted by molar-refractivity contribution is -0.141. The number of rotatable bonds is 18. The number of carboxylic acid groups (broad SMARTS) is 2. The van der Waals surface area contributed by atoms with Crippen molar-refractivity contribution >= 4 is 23.7 Å². The third-order valence-corrected chi connectivity index (χ3v) is 5.22. The van der Waals surface area contributed by atoms with Gasteiger partial charge in [-0.3, -0.25) is 9.59 Å². The van der Waals surface area contributed by atoms with Crippen molar-refractivity contribution in [2.24, 2.45) is 5.92 Å². The molecule has 0 heterocycles. The Bertz CT molecular complexity index is 344. The molecule has 0 fully saturated rings. The zero-order chi connectivity index (χ0) is 18.0. The van der Waals surface area contributed by atoms with Gasteiger partial charge in [0.2, 0.25) is 0 Å². The van der Waals surface area contributed by atoms with E-state index in [0.29, 0.717) is 17.9 Å². The van der Waals surface area contributed by atoms with Gasteiger partial charge in [-0.2, -0.15) is 11.8 Å². The summed E-state index contributed by atoms with van der Waals surface area (Å²) in [6.07, 6.45) is 14.8. The van der Waals surface area contributed by atoms with Crippen LogP contribution in [0.2, 0.25) is 0 Å². The molecule has 1 atom stereocenters. The molecule has 5 heteroatoms. The monoisotopic (exact) mass is 358 g/mol. The largest absolute Gasteiger partial charge is 0.481 e. The molecule has 4 nitrogen and oxygen atoms in total. The van der Waals surface area contributed by atoms with Crippen LogP contribution in [-0.2, 0) is 9.59 Å². The second-order valence-corrected chi connectivity index (χ2v) is 7.45. The van der Waals surface area contributed by atoms with E-state index in [-0.39, 0.29) is 12.3 Å². The SMILES string of the molecule is C=CCCCCCCCCCCCC(CSCCC(=O)O)C(=O)O. The standard InChI is InChI=1S/C19H34O4S/c1-2-3-4-5-6-7-8-9-10-11-12-13-17(19(22)23)16-24-15-14-18(20)21/h2,17H,1,3-16H2,(H,20,21)(H,22,23). The third kappa shape index (κ3) is 15.9. The molecule has 0 rings (SSSR count). The first kappa shape index (κ1) is 23.0. The maximum atomic E-state index is 11.2. The van der Waals surface area contributed by atoms with Crippen molar-refractivity contribution in [1.29, 1.82) is 0 Å². The summed E-state index contributed by atoms with van der Waals surface area (Å²) < 4.78 is 0. The Balaban J connectivity index is 3.48. The molecule has 2 N–H and O–H groups in total. The van der Waals surface area contributed by atoms with Crippen molar-refractivity contribution in [2.45, 2.75) is 77.0 Å². The van der Waals surface area contributed by atoms with E-state index in [1.54, 1.807) is 0 Å². The van der Waals surface area contributed by atoms with Gasteiger partial charge in [0, 0.05) is 11.5 Å². The molecule has 0 bridgehead atoms. The van der Waals surface area contributed by atoms with E-state index in [1.165, 1.54) is 56.7 Å². The molecule has 0 aliphatic rings. The van der Waals surface area contributed by atoms with Crippen LogP contribution in [0.25, 0.3) is 0 Å².